The van der Waals surface area contributed by atoms with E-state index < -0.39 is 5.66 Å². The van der Waals surface area contributed by atoms with Crippen LogP contribution in [0.4, 0.5) is 10.5 Å². The Labute approximate surface area is 169 Å². The fraction of sp³-hybridized carbons (Fsp3) is 0.333. The first-order valence-electron chi connectivity index (χ1n) is 9.43. The van der Waals surface area contributed by atoms with Crippen LogP contribution in [0.1, 0.15) is 34.3 Å². The molecule has 2 aromatic carbocycles. The summed E-state index contributed by atoms with van der Waals surface area (Å²) in [4.78, 5) is 26.8. The van der Waals surface area contributed by atoms with Gasteiger partial charge in [-0.15, -0.1) is 0 Å². The lowest BCUT2D eigenvalue weighted by atomic mass is 9.92. The van der Waals surface area contributed by atoms with E-state index in [1.807, 2.05) is 31.2 Å². The summed E-state index contributed by atoms with van der Waals surface area (Å²) in [5.74, 6) is -0.109. The van der Waals surface area contributed by atoms with Crippen LogP contribution in [0, 0.1) is 6.92 Å². The number of urea groups is 1. The van der Waals surface area contributed by atoms with Crippen molar-refractivity contribution in [3.8, 4) is 0 Å². The Morgan fingerprint density at radius 3 is 2.57 bits per heavy atom. The molecule has 3 amide bonds. The maximum absolute atomic E-state index is 12.5. The van der Waals surface area contributed by atoms with Crippen molar-refractivity contribution in [1.82, 2.24) is 15.5 Å². The van der Waals surface area contributed by atoms with Crippen molar-refractivity contribution in [3.63, 3.8) is 0 Å². The minimum Gasteiger partial charge on any atom is -0.362 e. The van der Waals surface area contributed by atoms with E-state index in [-0.39, 0.29) is 11.9 Å². The molecule has 4 rings (SSSR count). The van der Waals surface area contributed by atoms with Crippen LogP contribution in [-0.4, -0.2) is 35.6 Å². The molecule has 0 radical (unpaired) electrons. The number of rotatable bonds is 2. The number of anilines is 1. The fourth-order valence-corrected chi connectivity index (χ4v) is 3.90. The highest BCUT2D eigenvalue weighted by Crippen LogP contribution is 2.32. The van der Waals surface area contributed by atoms with Gasteiger partial charge >= 0.3 is 6.03 Å². The number of likely N-dealkylation sites (tertiary alicyclic amines) is 1. The summed E-state index contributed by atoms with van der Waals surface area (Å²) in [6.45, 7) is 3.66. The van der Waals surface area contributed by atoms with Crippen LogP contribution in [-0.2, 0) is 6.54 Å². The van der Waals surface area contributed by atoms with Gasteiger partial charge in [-0.3, -0.25) is 4.79 Å². The third kappa shape index (κ3) is 3.78. The lowest BCUT2D eigenvalue weighted by molar-refractivity contribution is 0.0848. The largest absolute Gasteiger partial charge is 0.362 e. The molecule has 3 N–H and O–H groups in total. The molecule has 28 heavy (non-hydrogen) atoms. The van der Waals surface area contributed by atoms with E-state index in [2.05, 4.69) is 16.0 Å². The van der Waals surface area contributed by atoms with Crippen LogP contribution in [0.3, 0.4) is 0 Å². The van der Waals surface area contributed by atoms with E-state index in [0.29, 0.717) is 43.1 Å². The quantitative estimate of drug-likeness (QED) is 0.724. The average molecular weight is 399 g/mol. The zero-order chi connectivity index (χ0) is 19.7. The van der Waals surface area contributed by atoms with Gasteiger partial charge in [-0.05, 0) is 30.7 Å². The summed E-state index contributed by atoms with van der Waals surface area (Å²) in [7, 11) is 0. The molecule has 1 fully saturated rings. The van der Waals surface area contributed by atoms with Gasteiger partial charge in [0.2, 0.25) is 0 Å². The van der Waals surface area contributed by atoms with E-state index in [9.17, 15) is 9.59 Å². The Morgan fingerprint density at radius 2 is 1.86 bits per heavy atom. The molecule has 7 heteroatoms. The third-order valence-corrected chi connectivity index (χ3v) is 5.66. The Kier molecular flexibility index (Phi) is 4.89. The Morgan fingerprint density at radius 1 is 1.14 bits per heavy atom. The van der Waals surface area contributed by atoms with E-state index in [0.717, 1.165) is 11.3 Å². The van der Waals surface area contributed by atoms with E-state index in [1.54, 1.807) is 23.1 Å². The molecule has 0 bridgehead atoms. The van der Waals surface area contributed by atoms with Gasteiger partial charge in [0.1, 0.15) is 5.66 Å². The van der Waals surface area contributed by atoms with Gasteiger partial charge in [0.25, 0.3) is 5.91 Å². The highest BCUT2D eigenvalue weighted by molar-refractivity contribution is 6.31. The Hall–Kier alpha value is -2.73. The van der Waals surface area contributed by atoms with Crippen LogP contribution in [0.25, 0.3) is 0 Å². The van der Waals surface area contributed by atoms with Crippen LogP contribution in [0.5, 0.6) is 0 Å². The van der Waals surface area contributed by atoms with Crippen molar-refractivity contribution in [1.29, 1.82) is 0 Å². The number of hydrogen-bond acceptors (Lipinski definition) is 3. The zero-order valence-corrected chi connectivity index (χ0v) is 16.5. The number of piperidine rings is 1. The third-order valence-electron chi connectivity index (χ3n) is 5.42. The van der Waals surface area contributed by atoms with Crippen molar-refractivity contribution in [2.75, 3.05) is 18.4 Å². The normalized spacial score (nSPS) is 17.5. The molecule has 6 nitrogen and oxygen atoms in total. The summed E-state index contributed by atoms with van der Waals surface area (Å²) in [6.07, 6.45) is 1.26. The van der Waals surface area contributed by atoms with Crippen molar-refractivity contribution < 1.29 is 9.59 Å². The first-order valence-corrected chi connectivity index (χ1v) is 9.80. The second-order valence-corrected chi connectivity index (χ2v) is 7.92. The molecule has 0 aromatic heterocycles. The van der Waals surface area contributed by atoms with E-state index in [1.165, 1.54) is 5.56 Å². The second-order valence-electron chi connectivity index (χ2n) is 7.48. The maximum Gasteiger partial charge on any atom is 0.317 e. The van der Waals surface area contributed by atoms with Crippen molar-refractivity contribution >= 4 is 29.2 Å². The molecule has 2 heterocycles. The number of halogens is 1. The van der Waals surface area contributed by atoms with Crippen LogP contribution in [0.2, 0.25) is 5.02 Å². The second kappa shape index (κ2) is 7.36. The molecule has 2 aliphatic heterocycles. The molecule has 0 aliphatic carbocycles. The standard InChI is InChI=1S/C21H23ClN4O2/c1-14-2-4-15(5-3-14)13-23-20(28)26-10-8-21(9-11-26)24-18-12-16(22)6-7-17(18)19(27)25-21/h2-7,12,24H,8-11,13H2,1H3,(H,23,28)(H,25,27). The van der Waals surface area contributed by atoms with Crippen LogP contribution in [0.15, 0.2) is 42.5 Å². The molecule has 1 spiro atoms. The van der Waals surface area contributed by atoms with Crippen molar-refractivity contribution in [2.45, 2.75) is 32.0 Å². The number of aryl methyl sites for hydroxylation is 1. The average Bonchev–Trinajstić information content (AvgIpc) is 2.67. The van der Waals surface area contributed by atoms with Crippen molar-refractivity contribution in [2.24, 2.45) is 0 Å². The summed E-state index contributed by atoms with van der Waals surface area (Å²) >= 11 is 6.08. The number of fused-ring (bicyclic) bond motifs is 1. The SMILES string of the molecule is Cc1ccc(CNC(=O)N2CCC3(CC2)NC(=O)c2ccc(Cl)cc2N3)cc1. The summed E-state index contributed by atoms with van der Waals surface area (Å²) in [5, 5.41) is 10.1. The van der Waals surface area contributed by atoms with E-state index in [4.69, 9.17) is 11.6 Å². The van der Waals surface area contributed by atoms with Gasteiger partial charge in [-0.2, -0.15) is 0 Å². The highest BCUT2D eigenvalue weighted by atomic mass is 35.5. The molecular weight excluding hydrogens is 376 g/mol. The Bertz CT molecular complexity index is 905. The zero-order valence-electron chi connectivity index (χ0n) is 15.7. The van der Waals surface area contributed by atoms with Crippen LogP contribution < -0.4 is 16.0 Å². The predicted molar refractivity (Wildman–Crippen MR) is 109 cm³/mol. The minimum absolute atomic E-state index is 0.0824. The molecule has 2 aromatic rings. The van der Waals surface area contributed by atoms with Crippen LogP contribution >= 0.6 is 11.6 Å². The molecule has 0 saturated carbocycles. The number of nitrogens with one attached hydrogen (secondary N) is 3. The number of nitrogens with zero attached hydrogens (tertiary/aromatic N) is 1. The number of carbonyl (C=O) groups is 2. The number of hydrogen-bond donors (Lipinski definition) is 3. The number of carbonyl (C=O) groups excluding carboxylic acids is 2. The molecular formula is C21H23ClN4O2. The molecule has 0 unspecified atom stereocenters. The molecule has 1 saturated heterocycles. The van der Waals surface area contributed by atoms with Gasteiger partial charge in [0.15, 0.2) is 0 Å². The van der Waals surface area contributed by atoms with E-state index >= 15 is 0 Å². The Balaban J connectivity index is 1.36. The predicted octanol–water partition coefficient (Wildman–Crippen LogP) is 3.51. The lowest BCUT2D eigenvalue weighted by Gasteiger charge is -2.45. The topological polar surface area (TPSA) is 73.5 Å². The van der Waals surface area contributed by atoms with Gasteiger partial charge in [-0.1, -0.05) is 41.4 Å². The first kappa shape index (κ1) is 18.6. The lowest BCUT2D eigenvalue weighted by Crippen LogP contribution is -2.63. The van der Waals surface area contributed by atoms with Gasteiger partial charge in [-0.25, -0.2) is 4.79 Å². The number of benzene rings is 2. The van der Waals surface area contributed by atoms with Gasteiger partial charge < -0.3 is 20.9 Å². The molecule has 146 valence electrons. The molecule has 0 atom stereocenters. The van der Waals surface area contributed by atoms with Gasteiger partial charge in [0.05, 0.1) is 11.3 Å². The number of amides is 3. The highest BCUT2D eigenvalue weighted by Gasteiger charge is 2.41. The van der Waals surface area contributed by atoms with Crippen molar-refractivity contribution in [3.05, 3.63) is 64.2 Å². The first-order chi connectivity index (χ1) is 13.4. The minimum atomic E-state index is -0.539. The molecule has 2 aliphatic rings. The summed E-state index contributed by atoms with van der Waals surface area (Å²) < 4.78 is 0. The van der Waals surface area contributed by atoms with Gasteiger partial charge in [0, 0.05) is 37.5 Å². The fourth-order valence-electron chi connectivity index (χ4n) is 3.73. The summed E-state index contributed by atoms with van der Waals surface area (Å²) in [6, 6.07) is 13.2. The smallest absolute Gasteiger partial charge is 0.317 e. The monoisotopic (exact) mass is 398 g/mol. The summed E-state index contributed by atoms with van der Waals surface area (Å²) in [5.41, 5.74) is 3.06. The maximum atomic E-state index is 12.5.